The van der Waals surface area contributed by atoms with Crippen molar-refractivity contribution in [2.75, 3.05) is 13.2 Å². The molecule has 2 unspecified atom stereocenters. The Morgan fingerprint density at radius 1 is 1.38 bits per heavy atom. The van der Waals surface area contributed by atoms with E-state index in [1.54, 1.807) is 0 Å². The molecule has 0 aromatic heterocycles. The first-order valence-electron chi connectivity index (χ1n) is 5.35. The predicted molar refractivity (Wildman–Crippen MR) is 55.7 cm³/mol. The van der Waals surface area contributed by atoms with Crippen LogP contribution in [-0.4, -0.2) is 24.3 Å². The van der Waals surface area contributed by atoms with Crippen LogP contribution in [0, 0.1) is 11.3 Å². The van der Waals surface area contributed by atoms with Gasteiger partial charge in [0.25, 0.3) is 0 Å². The number of nitrogens with one attached hydrogen (secondary N) is 1. The summed E-state index contributed by atoms with van der Waals surface area (Å²) in [6.07, 6.45) is 3.49. The molecule has 2 nitrogen and oxygen atoms in total. The van der Waals surface area contributed by atoms with Crippen LogP contribution in [0.1, 0.15) is 40.0 Å². The third kappa shape index (κ3) is 4.10. The maximum absolute atomic E-state index is 9.08. The molecule has 2 N–H and O–H groups in total. The van der Waals surface area contributed by atoms with E-state index in [9.17, 15) is 0 Å². The van der Waals surface area contributed by atoms with E-state index in [1.807, 2.05) is 0 Å². The van der Waals surface area contributed by atoms with Gasteiger partial charge in [0.2, 0.25) is 0 Å². The molecule has 2 heteroatoms. The lowest BCUT2D eigenvalue weighted by atomic mass is 9.82. The van der Waals surface area contributed by atoms with Crippen molar-refractivity contribution < 1.29 is 5.11 Å². The summed E-state index contributed by atoms with van der Waals surface area (Å²) in [7, 11) is 0. The van der Waals surface area contributed by atoms with Crippen LogP contribution < -0.4 is 5.32 Å². The molecule has 1 aliphatic rings. The predicted octanol–water partition coefficient (Wildman–Crippen LogP) is 1.78. The number of hydrogen-bond acceptors (Lipinski definition) is 2. The van der Waals surface area contributed by atoms with E-state index in [2.05, 4.69) is 26.1 Å². The van der Waals surface area contributed by atoms with E-state index in [1.165, 1.54) is 6.42 Å². The third-order valence-electron chi connectivity index (χ3n) is 2.72. The van der Waals surface area contributed by atoms with Gasteiger partial charge in [-0.3, -0.25) is 0 Å². The van der Waals surface area contributed by atoms with Crippen LogP contribution in [0.2, 0.25) is 0 Å². The molecule has 0 bridgehead atoms. The topological polar surface area (TPSA) is 32.3 Å². The van der Waals surface area contributed by atoms with Gasteiger partial charge in [-0.2, -0.15) is 0 Å². The van der Waals surface area contributed by atoms with Crippen molar-refractivity contribution in [2.24, 2.45) is 11.3 Å². The minimum absolute atomic E-state index is 0.363. The molecule has 0 radical (unpaired) electrons. The normalized spacial score (nSPS) is 30.5. The van der Waals surface area contributed by atoms with Crippen molar-refractivity contribution in [1.29, 1.82) is 0 Å². The lowest BCUT2D eigenvalue weighted by Crippen LogP contribution is -2.41. The molecule has 2 atom stereocenters. The van der Waals surface area contributed by atoms with Crippen molar-refractivity contribution in [3.05, 3.63) is 0 Å². The number of rotatable bonds is 2. The van der Waals surface area contributed by atoms with Gasteiger partial charge in [0, 0.05) is 12.6 Å². The number of hydrogen-bond donors (Lipinski definition) is 2. The van der Waals surface area contributed by atoms with Gasteiger partial charge in [0.15, 0.2) is 0 Å². The number of piperidine rings is 1. The van der Waals surface area contributed by atoms with E-state index in [0.717, 1.165) is 19.4 Å². The lowest BCUT2D eigenvalue weighted by molar-refractivity contribution is 0.158. The Morgan fingerprint density at radius 2 is 2.08 bits per heavy atom. The Kier molecular flexibility index (Phi) is 3.74. The molecule has 1 saturated heterocycles. The Bertz CT molecular complexity index is 151. The van der Waals surface area contributed by atoms with E-state index < -0.39 is 0 Å². The van der Waals surface area contributed by atoms with Gasteiger partial charge in [-0.25, -0.2) is 0 Å². The maximum atomic E-state index is 9.08. The largest absolute Gasteiger partial charge is 0.396 e. The van der Waals surface area contributed by atoms with E-state index in [-0.39, 0.29) is 0 Å². The van der Waals surface area contributed by atoms with Gasteiger partial charge >= 0.3 is 0 Å². The van der Waals surface area contributed by atoms with E-state index >= 15 is 0 Å². The highest BCUT2D eigenvalue weighted by Gasteiger charge is 2.24. The summed E-state index contributed by atoms with van der Waals surface area (Å²) < 4.78 is 0. The number of aliphatic hydroxyl groups excluding tert-OH is 1. The lowest BCUT2D eigenvalue weighted by Gasteiger charge is -2.33. The van der Waals surface area contributed by atoms with E-state index in [4.69, 9.17) is 5.11 Å². The summed E-state index contributed by atoms with van der Waals surface area (Å²) >= 11 is 0. The fourth-order valence-corrected chi connectivity index (χ4v) is 2.16. The first kappa shape index (κ1) is 11.0. The van der Waals surface area contributed by atoms with Crippen molar-refractivity contribution >= 4 is 0 Å². The highest BCUT2D eigenvalue weighted by atomic mass is 16.3. The SMILES string of the molecule is CC(C)(C)CC1CC(CO)CCN1. The van der Waals surface area contributed by atoms with Crippen LogP contribution >= 0.6 is 0 Å². The first-order valence-corrected chi connectivity index (χ1v) is 5.35. The molecular formula is C11H23NO. The van der Waals surface area contributed by atoms with Gasteiger partial charge in [-0.05, 0) is 37.1 Å². The average Bonchev–Trinajstić information content (AvgIpc) is 2.01. The molecule has 1 aliphatic heterocycles. The van der Waals surface area contributed by atoms with Crippen LogP contribution in [0.5, 0.6) is 0 Å². The van der Waals surface area contributed by atoms with Crippen molar-refractivity contribution in [1.82, 2.24) is 5.32 Å². The molecule has 1 rings (SSSR count). The third-order valence-corrected chi connectivity index (χ3v) is 2.72. The van der Waals surface area contributed by atoms with Gasteiger partial charge in [0.05, 0.1) is 0 Å². The summed E-state index contributed by atoms with van der Waals surface area (Å²) in [6.45, 7) is 8.26. The van der Waals surface area contributed by atoms with Crippen LogP contribution in [-0.2, 0) is 0 Å². The molecule has 0 aromatic carbocycles. The first-order chi connectivity index (χ1) is 6.01. The van der Waals surface area contributed by atoms with Crippen LogP contribution in [0.25, 0.3) is 0 Å². The molecule has 1 heterocycles. The molecule has 0 saturated carbocycles. The van der Waals surface area contributed by atoms with Crippen molar-refractivity contribution in [3.8, 4) is 0 Å². The van der Waals surface area contributed by atoms with Gasteiger partial charge < -0.3 is 10.4 Å². The molecule has 13 heavy (non-hydrogen) atoms. The van der Waals surface area contributed by atoms with Crippen molar-refractivity contribution in [3.63, 3.8) is 0 Å². The monoisotopic (exact) mass is 185 g/mol. The maximum Gasteiger partial charge on any atom is 0.0460 e. The highest BCUT2D eigenvalue weighted by Crippen LogP contribution is 2.26. The summed E-state index contributed by atoms with van der Waals surface area (Å²) in [4.78, 5) is 0. The second-order valence-corrected chi connectivity index (χ2v) is 5.49. The summed E-state index contributed by atoms with van der Waals surface area (Å²) in [6, 6.07) is 0.617. The molecule has 0 aromatic rings. The fraction of sp³-hybridized carbons (Fsp3) is 1.00. The Balaban J connectivity index is 2.34. The molecule has 0 spiro atoms. The van der Waals surface area contributed by atoms with Gasteiger partial charge in [-0.1, -0.05) is 20.8 Å². The van der Waals surface area contributed by atoms with Crippen LogP contribution in [0.15, 0.2) is 0 Å². The standard InChI is InChI=1S/C11H23NO/c1-11(2,3)7-10-6-9(8-13)4-5-12-10/h9-10,12-13H,4-8H2,1-3H3. The number of aliphatic hydroxyl groups is 1. The highest BCUT2D eigenvalue weighted by molar-refractivity contribution is 4.81. The summed E-state index contributed by atoms with van der Waals surface area (Å²) in [5, 5.41) is 12.6. The summed E-state index contributed by atoms with van der Waals surface area (Å²) in [5.74, 6) is 0.536. The van der Waals surface area contributed by atoms with Crippen LogP contribution in [0.4, 0.5) is 0 Å². The minimum atomic E-state index is 0.363. The quantitative estimate of drug-likeness (QED) is 0.687. The zero-order valence-electron chi connectivity index (χ0n) is 9.14. The molecule has 78 valence electrons. The average molecular weight is 185 g/mol. The zero-order valence-corrected chi connectivity index (χ0v) is 9.14. The second kappa shape index (κ2) is 4.43. The Labute approximate surface area is 81.7 Å². The fourth-order valence-electron chi connectivity index (χ4n) is 2.16. The zero-order chi connectivity index (χ0) is 9.90. The minimum Gasteiger partial charge on any atom is -0.396 e. The van der Waals surface area contributed by atoms with Gasteiger partial charge in [-0.15, -0.1) is 0 Å². The molecule has 0 aliphatic carbocycles. The smallest absolute Gasteiger partial charge is 0.0460 e. The van der Waals surface area contributed by atoms with Gasteiger partial charge in [0.1, 0.15) is 0 Å². The molecular weight excluding hydrogens is 162 g/mol. The molecule has 0 amide bonds. The summed E-state index contributed by atoms with van der Waals surface area (Å²) in [5.41, 5.74) is 0.398. The Morgan fingerprint density at radius 3 is 2.62 bits per heavy atom. The van der Waals surface area contributed by atoms with Crippen LogP contribution in [0.3, 0.4) is 0 Å². The van der Waals surface area contributed by atoms with Crippen molar-refractivity contribution in [2.45, 2.75) is 46.1 Å². The Hall–Kier alpha value is -0.0800. The van der Waals surface area contributed by atoms with E-state index in [0.29, 0.717) is 24.0 Å². The second-order valence-electron chi connectivity index (χ2n) is 5.49. The molecule has 1 fully saturated rings.